The zero-order valence-electron chi connectivity index (χ0n) is 58.1. The molecule has 4 heteroatoms. The van der Waals surface area contributed by atoms with Crippen LogP contribution in [0.3, 0.4) is 0 Å². The quantitative estimate of drug-likeness (QED) is 0.0534. The van der Waals surface area contributed by atoms with Crippen molar-refractivity contribution in [2.75, 3.05) is 4.90 Å². The van der Waals surface area contributed by atoms with Crippen LogP contribution in [0.5, 0.6) is 0 Å². The van der Waals surface area contributed by atoms with E-state index < -0.39 is 0 Å². The van der Waals surface area contributed by atoms with Crippen LogP contribution in [0.15, 0.2) is 323 Å². The molecular formula is C92H96N3P. The molecule has 0 saturated carbocycles. The Morgan fingerprint density at radius 1 is 0.396 bits per heavy atom. The van der Waals surface area contributed by atoms with Gasteiger partial charge in [-0.25, -0.2) is 0 Å². The van der Waals surface area contributed by atoms with E-state index in [4.69, 9.17) is 0 Å². The molecule has 0 N–H and O–H groups in total. The van der Waals surface area contributed by atoms with Gasteiger partial charge in [-0.05, 0) is 196 Å². The van der Waals surface area contributed by atoms with Gasteiger partial charge in [0.2, 0.25) is 0 Å². The third kappa shape index (κ3) is 16.7. The molecule has 1 unspecified atom stereocenters. The van der Waals surface area contributed by atoms with Crippen molar-refractivity contribution in [3.8, 4) is 44.8 Å². The SMILES string of the molecule is C=C(C)C(C)(C)C.C=C/C=C\C=C.C=CCC.CCc1ccc(CCCc2ccc(-c3ccc4c5cc6c(cc5n(-c5ccccc5)c4c3)c3cc(-c4ccccc4)ccc3n6-c3ccc(-c4ccc(N(c5ccccc5)c5ccc(C(C)(C)C)cc5)cc4)cc3)cc2)cc1.P. The van der Waals surface area contributed by atoms with Crippen molar-refractivity contribution in [2.45, 2.75) is 99.8 Å². The number of anilines is 3. The number of benzene rings is 11. The normalized spacial score (nSPS) is 11.2. The molecule has 0 bridgehead atoms. The molecule has 96 heavy (non-hydrogen) atoms. The number of aromatic nitrogens is 2. The summed E-state index contributed by atoms with van der Waals surface area (Å²) in [5, 5.41) is 4.91. The fraction of sp³-hybridized carbons (Fsp3) is 0.174. The maximum absolute atomic E-state index is 3.83. The Bertz CT molecular complexity index is 4720. The second kappa shape index (κ2) is 32.4. The Labute approximate surface area is 576 Å². The number of nitrogens with zero attached hydrogens (tertiary/aromatic N) is 3. The molecule has 0 aliphatic heterocycles. The van der Waals surface area contributed by atoms with Gasteiger partial charge in [-0.2, -0.15) is 9.90 Å². The largest absolute Gasteiger partial charge is 0.311 e. The average molecular weight is 1270 g/mol. The van der Waals surface area contributed by atoms with Gasteiger partial charge >= 0.3 is 0 Å². The molecule has 0 amide bonds. The summed E-state index contributed by atoms with van der Waals surface area (Å²) in [4.78, 5) is 2.34. The highest BCUT2D eigenvalue weighted by Crippen LogP contribution is 2.43. The van der Waals surface area contributed by atoms with Gasteiger partial charge < -0.3 is 14.0 Å². The highest BCUT2D eigenvalue weighted by molar-refractivity contribution is 6.92. The number of hydrogen-bond donors (Lipinski definition) is 0. The minimum absolute atomic E-state index is 0. The smallest absolute Gasteiger partial charge is 0.0548 e. The fourth-order valence-electron chi connectivity index (χ4n) is 11.9. The maximum Gasteiger partial charge on any atom is 0.0548 e. The van der Waals surface area contributed by atoms with Gasteiger partial charge in [-0.1, -0.05) is 281 Å². The second-order valence-corrected chi connectivity index (χ2v) is 26.6. The van der Waals surface area contributed by atoms with Gasteiger partial charge in [0.1, 0.15) is 0 Å². The van der Waals surface area contributed by atoms with Crippen LogP contribution >= 0.6 is 9.90 Å². The highest BCUT2D eigenvalue weighted by atomic mass is 31.0. The first kappa shape index (κ1) is 70.3. The molecule has 2 heterocycles. The van der Waals surface area contributed by atoms with E-state index >= 15 is 0 Å². The van der Waals surface area contributed by atoms with Gasteiger partial charge in [0.15, 0.2) is 0 Å². The molecule has 3 nitrogen and oxygen atoms in total. The molecule has 11 aromatic carbocycles. The van der Waals surface area contributed by atoms with Crippen molar-refractivity contribution < 1.29 is 0 Å². The lowest BCUT2D eigenvalue weighted by Crippen LogP contribution is -2.13. The summed E-state index contributed by atoms with van der Waals surface area (Å²) in [5.74, 6) is 0. The van der Waals surface area contributed by atoms with Crippen LogP contribution in [0, 0.1) is 5.41 Å². The molecule has 484 valence electrons. The van der Waals surface area contributed by atoms with Crippen molar-refractivity contribution in [2.24, 2.45) is 5.41 Å². The molecule has 2 aromatic heterocycles. The third-order valence-electron chi connectivity index (χ3n) is 18.0. The summed E-state index contributed by atoms with van der Waals surface area (Å²) in [6.45, 7) is 33.8. The van der Waals surface area contributed by atoms with Crippen molar-refractivity contribution in [3.63, 3.8) is 0 Å². The minimum Gasteiger partial charge on any atom is -0.311 e. The minimum atomic E-state index is 0. The van der Waals surface area contributed by atoms with Crippen LogP contribution in [0.4, 0.5) is 17.1 Å². The first-order valence-corrected chi connectivity index (χ1v) is 33.7. The topological polar surface area (TPSA) is 13.1 Å². The number of allylic oxidation sites excluding steroid dienone is 6. The fourth-order valence-corrected chi connectivity index (χ4v) is 11.9. The summed E-state index contributed by atoms with van der Waals surface area (Å²) in [6, 6.07) is 96.8. The first-order chi connectivity index (χ1) is 46.0. The summed E-state index contributed by atoms with van der Waals surface area (Å²) >= 11 is 0. The number of para-hydroxylation sites is 2. The zero-order chi connectivity index (χ0) is 67.1. The van der Waals surface area contributed by atoms with Crippen LogP contribution in [-0.2, 0) is 24.7 Å². The predicted octanol–water partition coefficient (Wildman–Crippen LogP) is 26.6. The standard InChI is InChI=1S/C75H63N3.C7H14.C6H8.C4H8.H3P/c1-5-52-24-26-53(27-25-52)16-15-17-54-28-30-58(31-29-54)60-36-46-67-69-50-74-70(51-73(69)78(72(67)49-60)63-22-13-8-14-23-63)68-48-59(55-18-9-6-10-19-55)37-47-71(68)77(74)66-42-34-57(35-43-66)56-32-40-64(41-33-56)76(62-20-11-7-12-21-62)65-44-38-61(39-45-65)75(2,3)4;1-6(2)7(3,4)5;1-3-5-6-4-2;1-3-4-2;/h6-14,18-51H,5,15-17H2,1-4H3;1H2,2-5H3;3-6H,1-2H2;3H,1,4H2,2H3;1H3/b;;6-5-;;. The lowest BCUT2D eigenvalue weighted by Gasteiger charge is -2.27. The Balaban J connectivity index is 0.000000536. The molecule has 0 spiro atoms. The Morgan fingerprint density at radius 2 is 0.771 bits per heavy atom. The van der Waals surface area contributed by atoms with Crippen LogP contribution in [-0.4, -0.2) is 9.13 Å². The van der Waals surface area contributed by atoms with Crippen molar-refractivity contribution >= 4 is 70.6 Å². The Hall–Kier alpha value is -10.1. The first-order valence-electron chi connectivity index (χ1n) is 33.7. The third-order valence-corrected chi connectivity index (χ3v) is 18.0. The lowest BCUT2D eigenvalue weighted by atomic mass is 9.87. The average Bonchev–Trinajstić information content (AvgIpc) is 1.55. The summed E-state index contributed by atoms with van der Waals surface area (Å²) in [5.41, 5.74) is 24.8. The molecule has 0 aliphatic rings. The van der Waals surface area contributed by atoms with Gasteiger partial charge in [0.25, 0.3) is 0 Å². The summed E-state index contributed by atoms with van der Waals surface area (Å²) in [7, 11) is 0. The van der Waals surface area contributed by atoms with Gasteiger partial charge in [0, 0.05) is 50.0 Å². The van der Waals surface area contributed by atoms with Crippen molar-refractivity contribution in [1.29, 1.82) is 0 Å². The molecule has 0 radical (unpaired) electrons. The maximum atomic E-state index is 3.83. The Morgan fingerprint density at radius 3 is 1.28 bits per heavy atom. The highest BCUT2D eigenvalue weighted by Gasteiger charge is 2.22. The molecule has 1 atom stereocenters. The van der Waals surface area contributed by atoms with E-state index in [2.05, 4.69) is 364 Å². The van der Waals surface area contributed by atoms with Crippen molar-refractivity contribution in [1.82, 2.24) is 9.13 Å². The van der Waals surface area contributed by atoms with E-state index in [1.165, 1.54) is 105 Å². The van der Waals surface area contributed by atoms with E-state index in [-0.39, 0.29) is 15.3 Å². The van der Waals surface area contributed by atoms with E-state index in [1.54, 1.807) is 12.2 Å². The van der Waals surface area contributed by atoms with Crippen LogP contribution in [0.25, 0.3) is 88.4 Å². The summed E-state index contributed by atoms with van der Waals surface area (Å²) < 4.78 is 4.94. The monoisotopic (exact) mass is 1270 g/mol. The number of aryl methyl sites for hydroxylation is 3. The van der Waals surface area contributed by atoms with E-state index in [0.717, 1.165) is 60.5 Å². The number of fused-ring (bicyclic) bond motifs is 6. The van der Waals surface area contributed by atoms with E-state index in [0.29, 0.717) is 5.41 Å². The summed E-state index contributed by atoms with van der Waals surface area (Å²) in [6.07, 6.45) is 14.4. The molecular weight excluding hydrogens is 1180 g/mol. The Kier molecular flexibility index (Phi) is 23.7. The second-order valence-electron chi connectivity index (χ2n) is 26.6. The predicted molar refractivity (Wildman–Crippen MR) is 428 cm³/mol. The molecule has 13 aromatic rings. The van der Waals surface area contributed by atoms with Gasteiger partial charge in [-0.3, -0.25) is 0 Å². The van der Waals surface area contributed by atoms with E-state index in [9.17, 15) is 0 Å². The van der Waals surface area contributed by atoms with Gasteiger partial charge in [-0.15, -0.1) is 6.58 Å². The zero-order valence-corrected chi connectivity index (χ0v) is 59.5. The van der Waals surface area contributed by atoms with Gasteiger partial charge in [0.05, 0.1) is 22.1 Å². The molecule has 13 rings (SSSR count). The van der Waals surface area contributed by atoms with Crippen molar-refractivity contribution in [3.05, 3.63) is 345 Å². The van der Waals surface area contributed by atoms with Crippen LogP contribution < -0.4 is 4.90 Å². The van der Waals surface area contributed by atoms with Crippen LogP contribution in [0.1, 0.15) is 97.4 Å². The van der Waals surface area contributed by atoms with Crippen LogP contribution in [0.2, 0.25) is 0 Å². The molecule has 0 fully saturated rings. The molecule has 0 aliphatic carbocycles. The van der Waals surface area contributed by atoms with E-state index in [1.807, 2.05) is 18.2 Å². The number of rotatable bonds is 16. The molecule has 0 saturated heterocycles. The number of hydrogen-bond acceptors (Lipinski definition) is 1. The lowest BCUT2D eigenvalue weighted by molar-refractivity contribution is 0.506.